The van der Waals surface area contributed by atoms with Gasteiger partial charge < -0.3 is 10.3 Å². The summed E-state index contributed by atoms with van der Waals surface area (Å²) >= 11 is 0. The fourth-order valence-electron chi connectivity index (χ4n) is 2.11. The van der Waals surface area contributed by atoms with Crippen LogP contribution in [0.1, 0.15) is 54.1 Å². The molecule has 0 unspecified atom stereocenters. The summed E-state index contributed by atoms with van der Waals surface area (Å²) in [7, 11) is 0. The van der Waals surface area contributed by atoms with Crippen LogP contribution in [0.4, 0.5) is 0 Å². The van der Waals surface area contributed by atoms with Crippen LogP contribution in [0.15, 0.2) is 12.3 Å². The lowest BCUT2D eigenvalue weighted by Crippen LogP contribution is -2.27. The summed E-state index contributed by atoms with van der Waals surface area (Å²) in [6, 6.07) is 2.35. The van der Waals surface area contributed by atoms with E-state index >= 15 is 0 Å². The number of carbonyl (C=O) groups excluding carboxylic acids is 1. The fourth-order valence-corrected chi connectivity index (χ4v) is 2.11. The van der Waals surface area contributed by atoms with E-state index in [9.17, 15) is 4.79 Å². The number of nitrogens with one attached hydrogen (secondary N) is 2. The Kier molecular flexibility index (Phi) is 2.04. The normalized spacial score (nSPS) is 21.1. The minimum atomic E-state index is 0.112. The van der Waals surface area contributed by atoms with Gasteiger partial charge in [-0.05, 0) is 37.7 Å². The molecule has 2 fully saturated rings. The summed E-state index contributed by atoms with van der Waals surface area (Å²) in [4.78, 5) is 15.1. The van der Waals surface area contributed by atoms with Crippen LogP contribution in [0, 0.1) is 0 Å². The van der Waals surface area contributed by atoms with Gasteiger partial charge in [0.1, 0.15) is 0 Å². The summed E-state index contributed by atoms with van der Waals surface area (Å²) in [6.45, 7) is 0. The monoisotopic (exact) mass is 204 g/mol. The maximum absolute atomic E-state index is 11.9. The first-order valence-electron chi connectivity index (χ1n) is 5.83. The molecule has 2 saturated carbocycles. The Bertz CT molecular complexity index is 375. The summed E-state index contributed by atoms with van der Waals surface area (Å²) in [5.41, 5.74) is 2.02. The molecule has 1 aromatic rings. The van der Waals surface area contributed by atoms with Gasteiger partial charge in [-0.15, -0.1) is 0 Å². The molecule has 2 aliphatic rings. The number of carbonyl (C=O) groups is 1. The van der Waals surface area contributed by atoms with Crippen LogP contribution in [0.5, 0.6) is 0 Å². The Morgan fingerprint density at radius 3 is 2.73 bits per heavy atom. The summed E-state index contributed by atoms with van der Waals surface area (Å²) in [5, 5.41) is 3.04. The van der Waals surface area contributed by atoms with Crippen molar-refractivity contribution in [2.24, 2.45) is 0 Å². The number of aromatic amines is 1. The van der Waals surface area contributed by atoms with Gasteiger partial charge >= 0.3 is 0 Å². The van der Waals surface area contributed by atoms with Gasteiger partial charge in [-0.1, -0.05) is 6.42 Å². The lowest BCUT2D eigenvalue weighted by molar-refractivity contribution is 0.0949. The standard InChI is InChI=1S/C12H16N2O/c15-12(14-9-4-5-9)10-6-7-13-11(10)8-2-1-3-8/h6-9,13H,1-5H2,(H,14,15). The molecule has 3 rings (SSSR count). The lowest BCUT2D eigenvalue weighted by atomic mass is 9.81. The third-order valence-electron chi connectivity index (χ3n) is 3.45. The van der Waals surface area contributed by atoms with Crippen molar-refractivity contribution >= 4 is 5.91 Å². The van der Waals surface area contributed by atoms with E-state index in [0.717, 1.165) is 24.1 Å². The number of rotatable bonds is 3. The number of aromatic nitrogens is 1. The Labute approximate surface area is 89.3 Å². The smallest absolute Gasteiger partial charge is 0.253 e. The van der Waals surface area contributed by atoms with Gasteiger partial charge in [0.15, 0.2) is 0 Å². The van der Waals surface area contributed by atoms with E-state index in [1.807, 2.05) is 12.3 Å². The van der Waals surface area contributed by atoms with Crippen LogP contribution in [0.2, 0.25) is 0 Å². The fraction of sp³-hybridized carbons (Fsp3) is 0.583. The topological polar surface area (TPSA) is 44.9 Å². The van der Waals surface area contributed by atoms with Crippen molar-refractivity contribution in [3.8, 4) is 0 Å². The molecule has 2 aliphatic carbocycles. The number of hydrogen-bond acceptors (Lipinski definition) is 1. The SMILES string of the molecule is O=C(NC1CC1)c1cc[nH]c1C1CCC1. The molecule has 3 nitrogen and oxygen atoms in total. The van der Waals surface area contributed by atoms with E-state index in [4.69, 9.17) is 0 Å². The third-order valence-corrected chi connectivity index (χ3v) is 3.45. The summed E-state index contributed by atoms with van der Waals surface area (Å²) < 4.78 is 0. The molecule has 80 valence electrons. The Hall–Kier alpha value is -1.25. The first kappa shape index (κ1) is 9.01. The zero-order valence-corrected chi connectivity index (χ0v) is 8.75. The first-order chi connectivity index (χ1) is 7.34. The van der Waals surface area contributed by atoms with Gasteiger partial charge in [0, 0.05) is 17.9 Å². The van der Waals surface area contributed by atoms with Crippen LogP contribution < -0.4 is 5.32 Å². The van der Waals surface area contributed by atoms with Crippen molar-refractivity contribution in [3.05, 3.63) is 23.5 Å². The second-order valence-corrected chi connectivity index (χ2v) is 4.68. The predicted octanol–water partition coefficient (Wildman–Crippen LogP) is 2.17. The van der Waals surface area contributed by atoms with Gasteiger partial charge in [0.2, 0.25) is 0 Å². The molecule has 1 heterocycles. The van der Waals surface area contributed by atoms with Gasteiger partial charge in [0.25, 0.3) is 5.91 Å². The quantitative estimate of drug-likeness (QED) is 0.778. The maximum atomic E-state index is 11.9. The molecule has 0 saturated heterocycles. The van der Waals surface area contributed by atoms with Crippen molar-refractivity contribution in [1.29, 1.82) is 0 Å². The lowest BCUT2D eigenvalue weighted by Gasteiger charge is -2.25. The molecule has 0 aliphatic heterocycles. The van der Waals surface area contributed by atoms with Gasteiger partial charge in [-0.3, -0.25) is 4.79 Å². The molecule has 1 aromatic heterocycles. The second-order valence-electron chi connectivity index (χ2n) is 4.68. The number of H-pyrrole nitrogens is 1. The Morgan fingerprint density at radius 1 is 1.33 bits per heavy atom. The highest BCUT2D eigenvalue weighted by Gasteiger charge is 2.28. The zero-order valence-electron chi connectivity index (χ0n) is 8.75. The van der Waals surface area contributed by atoms with Crippen molar-refractivity contribution in [3.63, 3.8) is 0 Å². The van der Waals surface area contributed by atoms with Crippen molar-refractivity contribution in [1.82, 2.24) is 10.3 Å². The minimum Gasteiger partial charge on any atom is -0.364 e. The Balaban J connectivity index is 1.77. The van der Waals surface area contributed by atoms with Crippen LogP contribution >= 0.6 is 0 Å². The van der Waals surface area contributed by atoms with Gasteiger partial charge in [-0.2, -0.15) is 0 Å². The highest BCUT2D eigenvalue weighted by atomic mass is 16.1. The molecular weight excluding hydrogens is 188 g/mol. The van der Waals surface area contributed by atoms with Crippen LogP contribution in [0.25, 0.3) is 0 Å². The number of hydrogen-bond donors (Lipinski definition) is 2. The molecular formula is C12H16N2O. The van der Waals surface area contributed by atoms with Crippen LogP contribution in [0.3, 0.4) is 0 Å². The summed E-state index contributed by atoms with van der Waals surface area (Å²) in [5.74, 6) is 0.709. The van der Waals surface area contributed by atoms with Crippen molar-refractivity contribution in [2.45, 2.75) is 44.1 Å². The second kappa shape index (κ2) is 3.40. The van der Waals surface area contributed by atoms with Crippen LogP contribution in [-0.4, -0.2) is 16.9 Å². The third kappa shape index (κ3) is 1.66. The van der Waals surface area contributed by atoms with Crippen molar-refractivity contribution in [2.75, 3.05) is 0 Å². The van der Waals surface area contributed by atoms with E-state index in [2.05, 4.69) is 10.3 Å². The van der Waals surface area contributed by atoms with E-state index in [-0.39, 0.29) is 5.91 Å². The molecule has 2 N–H and O–H groups in total. The summed E-state index contributed by atoms with van der Waals surface area (Å²) in [6.07, 6.45) is 7.93. The average Bonchev–Trinajstić information content (AvgIpc) is 2.79. The molecule has 0 bridgehead atoms. The molecule has 15 heavy (non-hydrogen) atoms. The maximum Gasteiger partial charge on any atom is 0.253 e. The highest BCUT2D eigenvalue weighted by molar-refractivity contribution is 5.96. The van der Waals surface area contributed by atoms with Gasteiger partial charge in [0.05, 0.1) is 5.56 Å². The molecule has 1 amide bonds. The van der Waals surface area contributed by atoms with E-state index in [1.165, 1.54) is 19.3 Å². The molecule has 0 atom stereocenters. The molecule has 3 heteroatoms. The van der Waals surface area contributed by atoms with E-state index < -0.39 is 0 Å². The van der Waals surface area contributed by atoms with Crippen molar-refractivity contribution < 1.29 is 4.79 Å². The van der Waals surface area contributed by atoms with Gasteiger partial charge in [-0.25, -0.2) is 0 Å². The largest absolute Gasteiger partial charge is 0.364 e. The first-order valence-corrected chi connectivity index (χ1v) is 5.83. The van der Waals surface area contributed by atoms with E-state index in [1.54, 1.807) is 0 Å². The van der Waals surface area contributed by atoms with Crippen LogP contribution in [-0.2, 0) is 0 Å². The van der Waals surface area contributed by atoms with E-state index in [0.29, 0.717) is 12.0 Å². The Morgan fingerprint density at radius 2 is 2.13 bits per heavy atom. The highest BCUT2D eigenvalue weighted by Crippen LogP contribution is 2.37. The predicted molar refractivity (Wildman–Crippen MR) is 57.9 cm³/mol. The minimum absolute atomic E-state index is 0.112. The molecule has 0 radical (unpaired) electrons. The average molecular weight is 204 g/mol. The molecule has 0 aromatic carbocycles. The number of amides is 1. The zero-order chi connectivity index (χ0) is 10.3. The molecule has 0 spiro atoms.